The van der Waals surface area contributed by atoms with Crippen molar-refractivity contribution in [1.29, 1.82) is 0 Å². The number of hydrogen-bond donors (Lipinski definition) is 1. The van der Waals surface area contributed by atoms with Crippen LogP contribution in [0.25, 0.3) is 0 Å². The quantitative estimate of drug-likeness (QED) is 0.639. The van der Waals surface area contributed by atoms with Crippen molar-refractivity contribution in [1.82, 2.24) is 10.2 Å². The van der Waals surface area contributed by atoms with Gasteiger partial charge in [0.2, 0.25) is 0 Å². The fourth-order valence-electron chi connectivity index (χ4n) is 2.07. The lowest BCUT2D eigenvalue weighted by molar-refractivity contribution is 0.185. The molecule has 0 aromatic heterocycles. The number of hydrogen-bond acceptors (Lipinski definition) is 3. The third-order valence-electron chi connectivity index (χ3n) is 3.45. The predicted octanol–water partition coefficient (Wildman–Crippen LogP) is 1.59. The van der Waals surface area contributed by atoms with E-state index in [0.717, 1.165) is 44.7 Å². The average Bonchev–Trinajstić information content (AvgIpc) is 2.77. The molecule has 96 valence electrons. The van der Waals surface area contributed by atoms with Crippen molar-refractivity contribution in [2.45, 2.75) is 26.7 Å². The van der Waals surface area contributed by atoms with Gasteiger partial charge in [0.25, 0.3) is 0 Å². The smallest absolute Gasteiger partial charge is 0.0507 e. The molecule has 0 aromatic carbocycles. The first-order valence-corrected chi connectivity index (χ1v) is 6.69. The first kappa shape index (κ1) is 13.9. The number of ether oxygens (including phenoxy) is 1. The van der Waals surface area contributed by atoms with Gasteiger partial charge in [-0.1, -0.05) is 20.3 Å². The van der Waals surface area contributed by atoms with Crippen LogP contribution in [0.3, 0.4) is 0 Å². The second kappa shape index (κ2) is 8.04. The molecule has 1 aliphatic heterocycles. The molecule has 2 unspecified atom stereocenters. The molecule has 0 aromatic rings. The normalized spacial score (nSPS) is 22.9. The summed E-state index contributed by atoms with van der Waals surface area (Å²) in [7, 11) is 2.21. The topological polar surface area (TPSA) is 24.5 Å². The molecule has 0 radical (unpaired) electrons. The zero-order valence-corrected chi connectivity index (χ0v) is 11.2. The number of nitrogens with zero attached hydrogens (tertiary/aromatic N) is 1. The van der Waals surface area contributed by atoms with E-state index in [1.54, 1.807) is 0 Å². The molecule has 0 spiro atoms. The van der Waals surface area contributed by atoms with Gasteiger partial charge in [0.15, 0.2) is 0 Å². The highest BCUT2D eigenvalue weighted by molar-refractivity contribution is 4.67. The van der Waals surface area contributed by atoms with Crippen molar-refractivity contribution >= 4 is 0 Å². The molecule has 1 saturated heterocycles. The average molecular weight is 228 g/mol. The highest BCUT2D eigenvalue weighted by Crippen LogP contribution is 2.10. The molecule has 3 heteroatoms. The second-order valence-electron chi connectivity index (χ2n) is 5.21. The molecule has 16 heavy (non-hydrogen) atoms. The van der Waals surface area contributed by atoms with Crippen LogP contribution < -0.4 is 5.32 Å². The Bertz CT molecular complexity index is 169. The summed E-state index contributed by atoms with van der Waals surface area (Å²) < 4.78 is 5.35. The molecule has 1 rings (SSSR count). The van der Waals surface area contributed by atoms with E-state index >= 15 is 0 Å². The Labute approximate surface area is 101 Å². The number of likely N-dealkylation sites (N-methyl/N-ethyl adjacent to an activating group) is 1. The van der Waals surface area contributed by atoms with E-state index in [0.29, 0.717) is 0 Å². The molecule has 1 fully saturated rings. The second-order valence-corrected chi connectivity index (χ2v) is 5.21. The van der Waals surface area contributed by atoms with Gasteiger partial charge < -0.3 is 15.0 Å². The number of nitrogens with one attached hydrogen (secondary N) is 1. The molecule has 1 aliphatic rings. The van der Waals surface area contributed by atoms with Gasteiger partial charge in [-0.3, -0.25) is 0 Å². The van der Waals surface area contributed by atoms with Crippen LogP contribution in [0, 0.1) is 11.8 Å². The van der Waals surface area contributed by atoms with Crippen molar-refractivity contribution < 1.29 is 4.74 Å². The van der Waals surface area contributed by atoms with E-state index in [1.807, 2.05) is 0 Å². The number of rotatable bonds is 8. The summed E-state index contributed by atoms with van der Waals surface area (Å²) in [5, 5.41) is 3.53. The molecule has 0 amide bonds. The Balaban J connectivity index is 1.93. The monoisotopic (exact) mass is 228 g/mol. The molecule has 3 nitrogen and oxygen atoms in total. The summed E-state index contributed by atoms with van der Waals surface area (Å²) in [5.74, 6) is 1.56. The third-order valence-corrected chi connectivity index (χ3v) is 3.45. The Morgan fingerprint density at radius 3 is 2.94 bits per heavy atom. The van der Waals surface area contributed by atoms with Gasteiger partial charge in [-0.05, 0) is 25.3 Å². The van der Waals surface area contributed by atoms with Gasteiger partial charge >= 0.3 is 0 Å². The Kier molecular flexibility index (Phi) is 7.01. The van der Waals surface area contributed by atoms with Gasteiger partial charge in [-0.15, -0.1) is 0 Å². The van der Waals surface area contributed by atoms with Crippen LogP contribution in [0.5, 0.6) is 0 Å². The van der Waals surface area contributed by atoms with E-state index in [4.69, 9.17) is 4.74 Å². The van der Waals surface area contributed by atoms with Gasteiger partial charge in [0.05, 0.1) is 6.61 Å². The summed E-state index contributed by atoms with van der Waals surface area (Å²) in [6, 6.07) is 0. The molecule has 0 aliphatic carbocycles. The molecular formula is C13H28N2O. The summed E-state index contributed by atoms with van der Waals surface area (Å²) in [5.41, 5.74) is 0. The van der Waals surface area contributed by atoms with Crippen LogP contribution >= 0.6 is 0 Å². The van der Waals surface area contributed by atoms with E-state index in [9.17, 15) is 0 Å². The molecule has 1 heterocycles. The standard InChI is InChI=1S/C13H28N2O/c1-4-12(2)10-15(3)7-6-14-9-13-5-8-16-11-13/h12-14H,4-11H2,1-3H3. The maximum Gasteiger partial charge on any atom is 0.0507 e. The first-order chi connectivity index (χ1) is 7.72. The molecule has 0 bridgehead atoms. The summed E-state index contributed by atoms with van der Waals surface area (Å²) in [6.07, 6.45) is 2.51. The lowest BCUT2D eigenvalue weighted by Crippen LogP contribution is -2.34. The molecular weight excluding hydrogens is 200 g/mol. The van der Waals surface area contributed by atoms with Crippen LogP contribution in [0.4, 0.5) is 0 Å². The molecule has 0 saturated carbocycles. The highest BCUT2D eigenvalue weighted by atomic mass is 16.5. The van der Waals surface area contributed by atoms with Gasteiger partial charge in [-0.25, -0.2) is 0 Å². The molecule has 2 atom stereocenters. The Morgan fingerprint density at radius 1 is 1.50 bits per heavy atom. The van der Waals surface area contributed by atoms with Crippen molar-refractivity contribution in [2.75, 3.05) is 46.4 Å². The van der Waals surface area contributed by atoms with Crippen molar-refractivity contribution in [3.05, 3.63) is 0 Å². The van der Waals surface area contributed by atoms with Crippen LogP contribution in [0.2, 0.25) is 0 Å². The largest absolute Gasteiger partial charge is 0.381 e. The maximum absolute atomic E-state index is 5.35. The summed E-state index contributed by atoms with van der Waals surface area (Å²) >= 11 is 0. The van der Waals surface area contributed by atoms with Gasteiger partial charge in [0.1, 0.15) is 0 Å². The zero-order valence-electron chi connectivity index (χ0n) is 11.2. The maximum atomic E-state index is 5.35. The van der Waals surface area contributed by atoms with Crippen molar-refractivity contribution in [3.63, 3.8) is 0 Å². The molecule has 1 N–H and O–H groups in total. The SMILES string of the molecule is CCC(C)CN(C)CCNCC1CCOC1. The van der Waals surface area contributed by atoms with Crippen LogP contribution in [0.15, 0.2) is 0 Å². The Hall–Kier alpha value is -0.120. The third kappa shape index (κ3) is 5.83. The lowest BCUT2D eigenvalue weighted by Gasteiger charge is -2.20. The van der Waals surface area contributed by atoms with Crippen LogP contribution in [0.1, 0.15) is 26.7 Å². The van der Waals surface area contributed by atoms with E-state index in [-0.39, 0.29) is 0 Å². The summed E-state index contributed by atoms with van der Waals surface area (Å²) in [6.45, 7) is 11.1. The summed E-state index contributed by atoms with van der Waals surface area (Å²) in [4.78, 5) is 2.42. The van der Waals surface area contributed by atoms with Crippen LogP contribution in [-0.4, -0.2) is 51.3 Å². The van der Waals surface area contributed by atoms with Crippen molar-refractivity contribution in [2.24, 2.45) is 11.8 Å². The van der Waals surface area contributed by atoms with E-state index in [2.05, 4.69) is 31.1 Å². The lowest BCUT2D eigenvalue weighted by atomic mass is 10.1. The minimum absolute atomic E-state index is 0.750. The minimum atomic E-state index is 0.750. The highest BCUT2D eigenvalue weighted by Gasteiger charge is 2.14. The zero-order chi connectivity index (χ0) is 11.8. The van der Waals surface area contributed by atoms with Gasteiger partial charge in [0, 0.05) is 32.8 Å². The fraction of sp³-hybridized carbons (Fsp3) is 1.00. The predicted molar refractivity (Wildman–Crippen MR) is 68.7 cm³/mol. The van der Waals surface area contributed by atoms with Crippen LogP contribution in [-0.2, 0) is 4.74 Å². The van der Waals surface area contributed by atoms with E-state index < -0.39 is 0 Å². The first-order valence-electron chi connectivity index (χ1n) is 6.69. The Morgan fingerprint density at radius 2 is 2.31 bits per heavy atom. The van der Waals surface area contributed by atoms with E-state index in [1.165, 1.54) is 19.4 Å². The van der Waals surface area contributed by atoms with Crippen molar-refractivity contribution in [3.8, 4) is 0 Å². The minimum Gasteiger partial charge on any atom is -0.381 e. The fourth-order valence-corrected chi connectivity index (χ4v) is 2.07. The van der Waals surface area contributed by atoms with Gasteiger partial charge in [-0.2, -0.15) is 0 Å².